The second-order valence-corrected chi connectivity index (χ2v) is 9.04. The monoisotopic (exact) mass is 221 g/mol. The Morgan fingerprint density at radius 1 is 1.31 bits per heavy atom. The van der Waals surface area contributed by atoms with Gasteiger partial charge in [-0.25, -0.2) is 0 Å². The van der Waals surface area contributed by atoms with Gasteiger partial charge in [-0.3, -0.25) is 4.90 Å². The van der Waals surface area contributed by atoms with Crippen LogP contribution in [0.25, 0.3) is 0 Å². The number of hydrogen-bond donors (Lipinski definition) is 0. The lowest BCUT2D eigenvalue weighted by Crippen LogP contribution is -2.22. The third-order valence-electron chi connectivity index (χ3n) is 2.18. The van der Waals surface area contributed by atoms with E-state index in [9.17, 15) is 0 Å². The van der Waals surface area contributed by atoms with Gasteiger partial charge in [-0.05, 0) is 25.6 Å². The summed E-state index contributed by atoms with van der Waals surface area (Å²) < 4.78 is 0. The molecule has 13 heavy (non-hydrogen) atoms. The van der Waals surface area contributed by atoms with Crippen molar-refractivity contribution < 1.29 is 0 Å². The van der Waals surface area contributed by atoms with E-state index in [1.807, 2.05) is 14.1 Å². The van der Waals surface area contributed by atoms with Crippen molar-refractivity contribution in [1.82, 2.24) is 4.90 Å². The molecule has 80 valence electrons. The highest BCUT2D eigenvalue weighted by Gasteiger charge is 2.11. The van der Waals surface area contributed by atoms with Crippen LogP contribution in [-0.2, 0) is 0 Å². The minimum absolute atomic E-state index is 0.105. The van der Waals surface area contributed by atoms with Crippen molar-refractivity contribution >= 4 is 21.1 Å². The third kappa shape index (κ3) is 8.79. The van der Waals surface area contributed by atoms with Crippen LogP contribution in [0.4, 0.5) is 0 Å². The van der Waals surface area contributed by atoms with E-state index in [0.29, 0.717) is 5.04 Å². The lowest BCUT2D eigenvalue weighted by molar-refractivity contribution is 0.358. The minimum Gasteiger partial charge on any atom is -0.294 e. The van der Waals surface area contributed by atoms with Crippen LogP contribution >= 0.6 is 11.6 Å². The quantitative estimate of drug-likeness (QED) is 0.299. The average Bonchev–Trinajstić information content (AvgIpc) is 1.95. The van der Waals surface area contributed by atoms with Gasteiger partial charge in [0.2, 0.25) is 0 Å². The topological polar surface area (TPSA) is 3.24 Å². The molecule has 3 heteroatoms. The van der Waals surface area contributed by atoms with E-state index < -0.39 is 0 Å². The number of rotatable bonds is 5. The first-order valence-electron chi connectivity index (χ1n) is 5.13. The Morgan fingerprint density at radius 2 is 1.85 bits per heavy atom. The zero-order chi connectivity index (χ0) is 10.5. The molecule has 0 aromatic heterocycles. The van der Waals surface area contributed by atoms with Crippen LogP contribution in [0.15, 0.2) is 0 Å². The highest BCUT2D eigenvalue weighted by atomic mass is 35.5. The molecule has 0 spiro atoms. The SMILES string of the molecule is CN(C)C(Cl)CCC[SiH2]C(C)(C)C. The van der Waals surface area contributed by atoms with E-state index >= 15 is 0 Å². The fourth-order valence-electron chi connectivity index (χ4n) is 1.23. The highest BCUT2D eigenvalue weighted by molar-refractivity contribution is 6.39. The Balaban J connectivity index is 3.36. The molecule has 0 rings (SSSR count). The maximum atomic E-state index is 6.11. The highest BCUT2D eigenvalue weighted by Crippen LogP contribution is 2.23. The lowest BCUT2D eigenvalue weighted by atomic mass is 10.2. The summed E-state index contributed by atoms with van der Waals surface area (Å²) in [5.41, 5.74) is 0.231. The summed E-state index contributed by atoms with van der Waals surface area (Å²) in [4.78, 5) is 2.08. The molecule has 0 aliphatic carbocycles. The number of hydrogen-bond acceptors (Lipinski definition) is 1. The Kier molecular flexibility index (Phi) is 6.26. The molecule has 1 nitrogen and oxygen atoms in total. The van der Waals surface area contributed by atoms with Gasteiger partial charge in [0, 0.05) is 9.52 Å². The molecule has 0 fully saturated rings. The molecular weight excluding hydrogens is 198 g/mol. The minimum atomic E-state index is 0.105. The van der Waals surface area contributed by atoms with Crippen LogP contribution < -0.4 is 0 Å². The summed E-state index contributed by atoms with van der Waals surface area (Å²) in [6.45, 7) is 7.05. The molecule has 1 unspecified atom stereocenters. The standard InChI is InChI=1S/C10H24ClNSi/c1-10(2,3)13-8-6-7-9(11)12(4)5/h9H,6-8,13H2,1-5H3. The van der Waals surface area contributed by atoms with Gasteiger partial charge in [-0.2, -0.15) is 0 Å². The van der Waals surface area contributed by atoms with Gasteiger partial charge in [0.15, 0.2) is 0 Å². The van der Waals surface area contributed by atoms with Crippen LogP contribution in [0.1, 0.15) is 33.6 Å². The molecule has 0 aromatic carbocycles. The summed E-state index contributed by atoms with van der Waals surface area (Å²) >= 11 is 6.11. The van der Waals surface area contributed by atoms with Gasteiger partial charge in [0.25, 0.3) is 0 Å². The van der Waals surface area contributed by atoms with E-state index in [-0.39, 0.29) is 15.0 Å². The zero-order valence-electron chi connectivity index (χ0n) is 9.73. The van der Waals surface area contributed by atoms with Crippen molar-refractivity contribution in [2.75, 3.05) is 14.1 Å². The largest absolute Gasteiger partial charge is 0.294 e. The van der Waals surface area contributed by atoms with Crippen molar-refractivity contribution in [2.45, 2.75) is 50.2 Å². The predicted molar refractivity (Wildman–Crippen MR) is 65.6 cm³/mol. The van der Waals surface area contributed by atoms with Gasteiger partial charge >= 0.3 is 0 Å². The van der Waals surface area contributed by atoms with E-state index in [1.54, 1.807) is 0 Å². The zero-order valence-corrected chi connectivity index (χ0v) is 11.9. The molecule has 0 aromatic rings. The van der Waals surface area contributed by atoms with Crippen LogP contribution in [0.3, 0.4) is 0 Å². The Bertz CT molecular complexity index is 131. The van der Waals surface area contributed by atoms with Crippen LogP contribution in [0.5, 0.6) is 0 Å². The second kappa shape index (κ2) is 6.05. The third-order valence-corrected chi connectivity index (χ3v) is 5.14. The second-order valence-electron chi connectivity index (χ2n) is 5.20. The first-order chi connectivity index (χ1) is 5.83. The van der Waals surface area contributed by atoms with E-state index in [1.165, 1.54) is 12.5 Å². The smallest absolute Gasteiger partial charge is 0.0845 e. The van der Waals surface area contributed by atoms with E-state index in [4.69, 9.17) is 11.6 Å². The average molecular weight is 222 g/mol. The molecule has 0 heterocycles. The van der Waals surface area contributed by atoms with Crippen molar-refractivity contribution in [3.05, 3.63) is 0 Å². The molecule has 0 amide bonds. The normalized spacial score (nSPS) is 15.9. The molecule has 0 aliphatic heterocycles. The van der Waals surface area contributed by atoms with Crippen molar-refractivity contribution in [1.29, 1.82) is 0 Å². The molecule has 1 atom stereocenters. The van der Waals surface area contributed by atoms with Gasteiger partial charge in [0.05, 0.1) is 5.50 Å². The maximum Gasteiger partial charge on any atom is 0.0845 e. The molecule has 0 radical (unpaired) electrons. The van der Waals surface area contributed by atoms with Gasteiger partial charge in [-0.15, -0.1) is 11.6 Å². The molecule has 0 N–H and O–H groups in total. The summed E-state index contributed by atoms with van der Waals surface area (Å²) in [6, 6.07) is 1.43. The molecular formula is C10H24ClNSi. The van der Waals surface area contributed by atoms with Crippen molar-refractivity contribution in [2.24, 2.45) is 0 Å². The molecule has 0 saturated carbocycles. The molecule has 0 bridgehead atoms. The maximum absolute atomic E-state index is 6.11. The number of nitrogens with zero attached hydrogens (tertiary/aromatic N) is 1. The van der Waals surface area contributed by atoms with Gasteiger partial charge < -0.3 is 0 Å². The molecule has 0 aliphatic rings. The summed E-state index contributed by atoms with van der Waals surface area (Å²) in [5, 5.41) is 0.611. The lowest BCUT2D eigenvalue weighted by Gasteiger charge is -2.19. The summed E-state index contributed by atoms with van der Waals surface area (Å²) in [5.74, 6) is 0. The number of halogens is 1. The Labute approximate surface area is 90.7 Å². The Morgan fingerprint density at radius 3 is 2.23 bits per heavy atom. The summed E-state index contributed by atoms with van der Waals surface area (Å²) in [6.07, 6.45) is 2.44. The van der Waals surface area contributed by atoms with Gasteiger partial charge in [-0.1, -0.05) is 33.2 Å². The van der Waals surface area contributed by atoms with Gasteiger partial charge in [0.1, 0.15) is 0 Å². The van der Waals surface area contributed by atoms with E-state index in [2.05, 4.69) is 25.7 Å². The first kappa shape index (κ1) is 13.5. The molecule has 0 saturated heterocycles. The van der Waals surface area contributed by atoms with Crippen LogP contribution in [0, 0.1) is 0 Å². The summed E-state index contributed by atoms with van der Waals surface area (Å²) in [7, 11) is 4.19. The van der Waals surface area contributed by atoms with E-state index in [0.717, 1.165) is 6.42 Å². The predicted octanol–water partition coefficient (Wildman–Crippen LogP) is 2.70. The fraction of sp³-hybridized carbons (Fsp3) is 1.00. The first-order valence-corrected chi connectivity index (χ1v) is 7.28. The fourth-order valence-corrected chi connectivity index (χ4v) is 2.98. The number of alkyl halides is 1. The van der Waals surface area contributed by atoms with Crippen molar-refractivity contribution in [3.8, 4) is 0 Å². The van der Waals surface area contributed by atoms with Crippen molar-refractivity contribution in [3.63, 3.8) is 0 Å². The van der Waals surface area contributed by atoms with Crippen LogP contribution in [0.2, 0.25) is 11.1 Å². The van der Waals surface area contributed by atoms with Crippen LogP contribution in [-0.4, -0.2) is 34.0 Å². The Hall–Kier alpha value is 0.467.